The Morgan fingerprint density at radius 1 is 1.28 bits per heavy atom. The van der Waals surface area contributed by atoms with Gasteiger partial charge in [0.05, 0.1) is 28.2 Å². The summed E-state index contributed by atoms with van der Waals surface area (Å²) >= 11 is 0. The molecule has 2 atom stereocenters. The number of nitrogens with one attached hydrogen (secondary N) is 1. The molecule has 2 aromatic heterocycles. The van der Waals surface area contributed by atoms with Crippen molar-refractivity contribution in [1.82, 2.24) is 13.9 Å². The van der Waals surface area contributed by atoms with E-state index in [2.05, 4.69) is 16.0 Å². The smallest absolute Gasteiger partial charge is 0.248 e. The van der Waals surface area contributed by atoms with Crippen LogP contribution >= 0.6 is 0 Å². The van der Waals surface area contributed by atoms with E-state index in [4.69, 9.17) is 0 Å². The molecule has 2 aromatic carbocycles. The highest BCUT2D eigenvalue weighted by molar-refractivity contribution is 7.91. The van der Waals surface area contributed by atoms with Crippen molar-refractivity contribution in [2.45, 2.75) is 50.9 Å². The van der Waals surface area contributed by atoms with Crippen LogP contribution in [0.2, 0.25) is 0 Å². The molecule has 4 aromatic rings. The number of aryl methyl sites for hydroxylation is 1. The van der Waals surface area contributed by atoms with E-state index in [1.165, 1.54) is 3.97 Å². The van der Waals surface area contributed by atoms with Crippen LogP contribution in [0, 0.1) is 18.3 Å². The summed E-state index contributed by atoms with van der Waals surface area (Å²) in [5.41, 5.74) is 3.08. The number of aromatic nitrogens is 3. The van der Waals surface area contributed by atoms with E-state index in [1.807, 2.05) is 44.2 Å². The standard InChI is InChI=1S/C28H28N4O3S/c1-5-19-7-6-13-27(3,16-19)36(34,35)32-14-12-21-22(10-8-18(2)25(21)32)28(4,33)26-30-23-11-9-20(17-29)15-24(23)31-26/h6-12,14-16,33H,5,13H2,1-4H3,(H,30,31). The number of imidazole rings is 1. The number of hydrogen-bond acceptors (Lipinski definition) is 5. The van der Waals surface area contributed by atoms with Crippen LogP contribution in [0.3, 0.4) is 0 Å². The molecule has 2 heterocycles. The van der Waals surface area contributed by atoms with Crippen molar-refractivity contribution in [2.75, 3.05) is 0 Å². The molecule has 184 valence electrons. The van der Waals surface area contributed by atoms with Gasteiger partial charge in [-0.2, -0.15) is 5.26 Å². The topological polar surface area (TPSA) is 112 Å². The number of nitrogens with zero attached hydrogens (tertiary/aromatic N) is 3. The first-order valence-corrected chi connectivity index (χ1v) is 13.3. The highest BCUT2D eigenvalue weighted by atomic mass is 32.2. The first-order chi connectivity index (χ1) is 17.0. The SMILES string of the molecule is CCC1=CC(C)(S(=O)(=O)n2ccc3c(C(C)(O)c4nc5ccc(C#N)cc5[nH]4)ccc(C)c32)CC=C1. The number of benzene rings is 2. The zero-order valence-electron chi connectivity index (χ0n) is 20.7. The summed E-state index contributed by atoms with van der Waals surface area (Å²) in [5, 5.41) is 21.6. The Labute approximate surface area is 210 Å². The van der Waals surface area contributed by atoms with Gasteiger partial charge in [0.1, 0.15) is 16.2 Å². The fourth-order valence-electron chi connectivity index (χ4n) is 5.02. The Bertz CT molecular complexity index is 1730. The summed E-state index contributed by atoms with van der Waals surface area (Å²) in [6, 6.07) is 12.6. The van der Waals surface area contributed by atoms with E-state index in [9.17, 15) is 18.8 Å². The maximum Gasteiger partial charge on any atom is 0.248 e. The summed E-state index contributed by atoms with van der Waals surface area (Å²) in [7, 11) is -3.81. The lowest BCUT2D eigenvalue weighted by atomic mass is 9.91. The molecule has 0 fully saturated rings. The van der Waals surface area contributed by atoms with E-state index in [0.29, 0.717) is 45.3 Å². The lowest BCUT2D eigenvalue weighted by Gasteiger charge is -2.29. The molecule has 1 aliphatic carbocycles. The van der Waals surface area contributed by atoms with Crippen LogP contribution in [0.4, 0.5) is 0 Å². The van der Waals surface area contributed by atoms with Crippen molar-refractivity contribution in [2.24, 2.45) is 0 Å². The summed E-state index contributed by atoms with van der Waals surface area (Å²) in [6.45, 7) is 7.27. The van der Waals surface area contributed by atoms with Gasteiger partial charge >= 0.3 is 0 Å². The van der Waals surface area contributed by atoms with Gasteiger partial charge in [0.15, 0.2) is 0 Å². The Morgan fingerprint density at radius 3 is 2.78 bits per heavy atom. The van der Waals surface area contributed by atoms with Gasteiger partial charge in [-0.15, -0.1) is 0 Å². The van der Waals surface area contributed by atoms with Gasteiger partial charge < -0.3 is 10.1 Å². The summed E-state index contributed by atoms with van der Waals surface area (Å²) in [5.74, 6) is 0.313. The van der Waals surface area contributed by atoms with Crippen molar-refractivity contribution in [3.63, 3.8) is 0 Å². The quantitative estimate of drug-likeness (QED) is 0.392. The van der Waals surface area contributed by atoms with Gasteiger partial charge in [-0.3, -0.25) is 0 Å². The molecule has 8 heteroatoms. The highest BCUT2D eigenvalue weighted by Gasteiger charge is 2.40. The molecular weight excluding hydrogens is 472 g/mol. The van der Waals surface area contributed by atoms with E-state index in [1.54, 1.807) is 44.3 Å². The molecule has 1 aliphatic rings. The van der Waals surface area contributed by atoms with Gasteiger partial charge in [-0.25, -0.2) is 17.4 Å². The van der Waals surface area contributed by atoms with Gasteiger partial charge in [0.25, 0.3) is 0 Å². The number of aromatic amines is 1. The number of allylic oxidation sites excluding steroid dienone is 3. The van der Waals surface area contributed by atoms with Crippen LogP contribution in [0.5, 0.6) is 0 Å². The predicted octanol–water partition coefficient (Wildman–Crippen LogP) is 5.19. The van der Waals surface area contributed by atoms with Crippen LogP contribution in [0.15, 0.2) is 66.4 Å². The monoisotopic (exact) mass is 500 g/mol. The average Bonchev–Trinajstić information content (AvgIpc) is 3.49. The van der Waals surface area contributed by atoms with Crippen molar-refractivity contribution in [3.8, 4) is 6.07 Å². The van der Waals surface area contributed by atoms with Crippen LogP contribution in [0.1, 0.15) is 56.1 Å². The van der Waals surface area contributed by atoms with E-state index in [-0.39, 0.29) is 0 Å². The minimum atomic E-state index is -3.81. The maximum absolute atomic E-state index is 14.0. The third kappa shape index (κ3) is 3.50. The second-order valence-electron chi connectivity index (χ2n) is 9.80. The first-order valence-electron chi connectivity index (χ1n) is 11.9. The summed E-state index contributed by atoms with van der Waals surface area (Å²) in [6.07, 6.45) is 8.48. The molecule has 0 amide bonds. The highest BCUT2D eigenvalue weighted by Crippen LogP contribution is 2.39. The zero-order valence-corrected chi connectivity index (χ0v) is 21.5. The van der Waals surface area contributed by atoms with Crippen molar-refractivity contribution in [3.05, 3.63) is 88.9 Å². The second-order valence-corrected chi connectivity index (χ2v) is 12.1. The lowest BCUT2D eigenvalue weighted by molar-refractivity contribution is 0.0951. The van der Waals surface area contributed by atoms with Gasteiger partial charge in [-0.05, 0) is 63.4 Å². The normalized spacial score (nSPS) is 19.8. The summed E-state index contributed by atoms with van der Waals surface area (Å²) < 4.78 is 28.2. The number of H-pyrrole nitrogens is 1. The molecule has 0 bridgehead atoms. The largest absolute Gasteiger partial charge is 0.377 e. The summed E-state index contributed by atoms with van der Waals surface area (Å²) in [4.78, 5) is 7.71. The second kappa shape index (κ2) is 8.19. The van der Waals surface area contributed by atoms with E-state index in [0.717, 1.165) is 17.6 Å². The van der Waals surface area contributed by atoms with Gasteiger partial charge in [0, 0.05) is 17.1 Å². The van der Waals surface area contributed by atoms with Crippen LogP contribution in [0.25, 0.3) is 21.9 Å². The maximum atomic E-state index is 14.0. The lowest BCUT2D eigenvalue weighted by Crippen LogP contribution is -2.38. The molecule has 2 unspecified atom stereocenters. The number of aliphatic hydroxyl groups is 1. The minimum Gasteiger partial charge on any atom is -0.377 e. The van der Waals surface area contributed by atoms with Crippen LogP contribution in [-0.2, 0) is 15.6 Å². The molecule has 36 heavy (non-hydrogen) atoms. The number of nitriles is 1. The third-order valence-corrected chi connectivity index (χ3v) is 9.50. The zero-order chi connectivity index (χ0) is 25.9. The fraction of sp³-hybridized carbons (Fsp3) is 0.286. The molecule has 0 aliphatic heterocycles. The van der Waals surface area contributed by atoms with Crippen LogP contribution in [-0.4, -0.2) is 32.2 Å². The third-order valence-electron chi connectivity index (χ3n) is 7.21. The van der Waals surface area contributed by atoms with Gasteiger partial charge in [0.2, 0.25) is 10.0 Å². The van der Waals surface area contributed by atoms with Gasteiger partial charge in [-0.1, -0.05) is 42.9 Å². The van der Waals surface area contributed by atoms with Crippen molar-refractivity contribution >= 4 is 32.0 Å². The Hall–Kier alpha value is -3.67. The predicted molar refractivity (Wildman–Crippen MR) is 141 cm³/mol. The molecule has 0 radical (unpaired) electrons. The molecule has 0 spiro atoms. The average molecular weight is 501 g/mol. The molecule has 0 saturated heterocycles. The number of fused-ring (bicyclic) bond motifs is 2. The van der Waals surface area contributed by atoms with Crippen molar-refractivity contribution in [1.29, 1.82) is 5.26 Å². The van der Waals surface area contributed by atoms with Crippen molar-refractivity contribution < 1.29 is 13.5 Å². The number of rotatable bonds is 5. The molecule has 2 N–H and O–H groups in total. The Morgan fingerprint density at radius 2 is 2.06 bits per heavy atom. The molecule has 7 nitrogen and oxygen atoms in total. The first kappa shape index (κ1) is 24.0. The Balaban J connectivity index is 1.67. The fourth-order valence-corrected chi connectivity index (χ4v) is 6.79. The number of hydrogen-bond donors (Lipinski definition) is 2. The molecule has 5 rings (SSSR count). The molecule has 0 saturated carbocycles. The van der Waals surface area contributed by atoms with Crippen LogP contribution < -0.4 is 0 Å². The van der Waals surface area contributed by atoms with E-state index < -0.39 is 20.4 Å². The molecular formula is C28H28N4O3S. The van der Waals surface area contributed by atoms with E-state index >= 15 is 0 Å². The Kier molecular flexibility index (Phi) is 5.47. The minimum absolute atomic E-state index is 0.313.